The molecule has 0 heterocycles. The van der Waals surface area contributed by atoms with Gasteiger partial charge >= 0.3 is 17.9 Å². The average Bonchev–Trinajstić information content (AvgIpc) is 3.22. The molecule has 0 aromatic heterocycles. The molecule has 0 aliphatic rings. The molecule has 0 radical (unpaired) electrons. The lowest BCUT2D eigenvalue weighted by molar-refractivity contribution is -0.167. The molecule has 1 atom stereocenters. The van der Waals surface area contributed by atoms with E-state index in [1.54, 1.807) is 0 Å². The van der Waals surface area contributed by atoms with Crippen molar-refractivity contribution >= 4 is 17.9 Å². The molecule has 0 aromatic carbocycles. The van der Waals surface area contributed by atoms with Gasteiger partial charge in [-0.25, -0.2) is 0 Å². The number of unbranched alkanes of at least 4 members (excludes halogenated alkanes) is 35. The zero-order valence-corrected chi connectivity index (χ0v) is 40.2. The quantitative estimate of drug-likeness (QED) is 0.0345. The number of esters is 3. The predicted molar refractivity (Wildman–Crippen MR) is 252 cm³/mol. The summed E-state index contributed by atoms with van der Waals surface area (Å²) in [4.78, 5) is 37.9. The van der Waals surface area contributed by atoms with Crippen molar-refractivity contribution in [3.05, 3.63) is 0 Å². The van der Waals surface area contributed by atoms with Crippen LogP contribution in [0.4, 0.5) is 0 Å². The molecule has 0 bridgehead atoms. The molecule has 0 unspecified atom stereocenters. The van der Waals surface area contributed by atoms with E-state index in [1.165, 1.54) is 193 Å². The van der Waals surface area contributed by atoms with E-state index in [9.17, 15) is 14.4 Å². The fourth-order valence-corrected chi connectivity index (χ4v) is 8.04. The Morgan fingerprint density at radius 2 is 0.559 bits per heavy atom. The van der Waals surface area contributed by atoms with Crippen molar-refractivity contribution in [3.63, 3.8) is 0 Å². The molecule has 6 nitrogen and oxygen atoms in total. The Hall–Kier alpha value is -1.59. The first-order valence-corrected chi connectivity index (χ1v) is 26.4. The molecule has 0 saturated carbocycles. The van der Waals surface area contributed by atoms with Crippen molar-refractivity contribution in [2.75, 3.05) is 13.2 Å². The number of carbonyl (C=O) groups is 3. The fourth-order valence-electron chi connectivity index (χ4n) is 8.04. The zero-order chi connectivity index (χ0) is 43.1. The van der Waals surface area contributed by atoms with E-state index in [0.717, 1.165) is 63.7 Å². The van der Waals surface area contributed by atoms with E-state index >= 15 is 0 Å². The Morgan fingerprint density at radius 1 is 0.322 bits per heavy atom. The van der Waals surface area contributed by atoms with Crippen LogP contribution in [0.1, 0.15) is 297 Å². The molecule has 0 amide bonds. The minimum atomic E-state index is -0.760. The Labute approximate surface area is 368 Å². The van der Waals surface area contributed by atoms with Gasteiger partial charge in [0.2, 0.25) is 0 Å². The van der Waals surface area contributed by atoms with Crippen molar-refractivity contribution in [2.45, 2.75) is 303 Å². The molecule has 0 rings (SSSR count). The van der Waals surface area contributed by atoms with Crippen molar-refractivity contribution in [3.8, 4) is 0 Å². The van der Waals surface area contributed by atoms with Crippen LogP contribution in [0.25, 0.3) is 0 Å². The summed E-state index contributed by atoms with van der Waals surface area (Å²) in [6.07, 6.45) is 49.5. The van der Waals surface area contributed by atoms with Crippen LogP contribution < -0.4 is 0 Å². The van der Waals surface area contributed by atoms with Crippen LogP contribution in [-0.4, -0.2) is 37.2 Å². The summed E-state index contributed by atoms with van der Waals surface area (Å²) in [6, 6.07) is 0. The standard InChI is InChI=1S/C53H102O6/c1-5-7-9-11-13-15-16-17-18-19-20-21-22-23-24-29-33-37-41-45-52(55)58-48-50(47-57-51(54)44-40-36-32-27-14-12-10-8-6-2)59-53(56)46-42-38-34-30-26-25-28-31-35-39-43-49(3)4/h49-50H,5-48H2,1-4H3/t50-/m0/s1. The van der Waals surface area contributed by atoms with E-state index in [1.807, 2.05) is 0 Å². The highest BCUT2D eigenvalue weighted by Gasteiger charge is 2.19. The first kappa shape index (κ1) is 57.4. The Morgan fingerprint density at radius 3 is 0.831 bits per heavy atom. The first-order chi connectivity index (χ1) is 28.9. The third-order valence-corrected chi connectivity index (χ3v) is 12.0. The topological polar surface area (TPSA) is 78.9 Å². The molecule has 0 aliphatic carbocycles. The third-order valence-electron chi connectivity index (χ3n) is 12.0. The van der Waals surface area contributed by atoms with Gasteiger partial charge < -0.3 is 14.2 Å². The summed E-state index contributed by atoms with van der Waals surface area (Å²) < 4.78 is 16.8. The third kappa shape index (κ3) is 47.3. The Bertz CT molecular complexity index is 887. The minimum absolute atomic E-state index is 0.0630. The monoisotopic (exact) mass is 835 g/mol. The lowest BCUT2D eigenvalue weighted by Gasteiger charge is -2.18. The van der Waals surface area contributed by atoms with Gasteiger partial charge in [-0.05, 0) is 25.2 Å². The second-order valence-corrected chi connectivity index (χ2v) is 18.6. The molecular weight excluding hydrogens is 733 g/mol. The van der Waals surface area contributed by atoms with Crippen molar-refractivity contribution in [1.82, 2.24) is 0 Å². The molecule has 0 aliphatic heterocycles. The molecule has 0 saturated heterocycles. The fraction of sp³-hybridized carbons (Fsp3) is 0.943. The van der Waals surface area contributed by atoms with Gasteiger partial charge in [-0.3, -0.25) is 14.4 Å². The van der Waals surface area contributed by atoms with Gasteiger partial charge in [0.25, 0.3) is 0 Å². The number of rotatable bonds is 48. The van der Waals surface area contributed by atoms with E-state index in [0.29, 0.717) is 19.3 Å². The van der Waals surface area contributed by atoms with E-state index in [-0.39, 0.29) is 31.1 Å². The first-order valence-electron chi connectivity index (χ1n) is 26.4. The van der Waals surface area contributed by atoms with Gasteiger partial charge in [-0.1, -0.05) is 259 Å². The van der Waals surface area contributed by atoms with Crippen LogP contribution in [0.15, 0.2) is 0 Å². The molecule has 59 heavy (non-hydrogen) atoms. The number of hydrogen-bond acceptors (Lipinski definition) is 6. The second-order valence-electron chi connectivity index (χ2n) is 18.6. The maximum absolute atomic E-state index is 12.8. The molecule has 0 N–H and O–H groups in total. The van der Waals surface area contributed by atoms with Gasteiger partial charge in [0.15, 0.2) is 6.10 Å². The van der Waals surface area contributed by atoms with Gasteiger partial charge in [-0.2, -0.15) is 0 Å². The highest BCUT2D eigenvalue weighted by atomic mass is 16.6. The Kier molecular flexibility index (Phi) is 46.2. The van der Waals surface area contributed by atoms with Gasteiger partial charge in [0.05, 0.1) is 0 Å². The molecule has 0 spiro atoms. The Balaban J connectivity index is 4.21. The van der Waals surface area contributed by atoms with Crippen molar-refractivity contribution in [1.29, 1.82) is 0 Å². The minimum Gasteiger partial charge on any atom is -0.462 e. The van der Waals surface area contributed by atoms with Crippen molar-refractivity contribution < 1.29 is 28.6 Å². The van der Waals surface area contributed by atoms with Crippen LogP contribution in [0.5, 0.6) is 0 Å². The maximum Gasteiger partial charge on any atom is 0.306 e. The molecule has 0 aromatic rings. The van der Waals surface area contributed by atoms with Crippen LogP contribution >= 0.6 is 0 Å². The molecule has 350 valence electrons. The lowest BCUT2D eigenvalue weighted by atomic mass is 10.0. The van der Waals surface area contributed by atoms with Gasteiger partial charge in [0.1, 0.15) is 13.2 Å². The number of ether oxygens (including phenoxy) is 3. The maximum atomic E-state index is 12.8. The van der Waals surface area contributed by atoms with Crippen LogP contribution in [0.2, 0.25) is 0 Å². The molecular formula is C53H102O6. The van der Waals surface area contributed by atoms with Crippen LogP contribution in [-0.2, 0) is 28.6 Å². The number of carbonyl (C=O) groups excluding carboxylic acids is 3. The summed E-state index contributed by atoms with van der Waals surface area (Å²) in [7, 11) is 0. The zero-order valence-electron chi connectivity index (χ0n) is 40.2. The molecule has 0 fully saturated rings. The summed E-state index contributed by atoms with van der Waals surface area (Å²) in [5.74, 6) is -0.0312. The van der Waals surface area contributed by atoms with Crippen LogP contribution in [0.3, 0.4) is 0 Å². The van der Waals surface area contributed by atoms with Gasteiger partial charge in [0, 0.05) is 19.3 Å². The number of hydrogen-bond donors (Lipinski definition) is 0. The SMILES string of the molecule is CCCCCCCCCCCCCCCCCCCCCC(=O)OC[C@H](COC(=O)CCCCCCCCCCC)OC(=O)CCCCCCCCCCCCC(C)C. The van der Waals surface area contributed by atoms with Crippen LogP contribution in [0, 0.1) is 5.92 Å². The highest BCUT2D eigenvalue weighted by molar-refractivity contribution is 5.71. The second kappa shape index (κ2) is 47.5. The smallest absolute Gasteiger partial charge is 0.306 e. The normalized spacial score (nSPS) is 11.9. The summed E-state index contributed by atoms with van der Waals surface area (Å²) in [5.41, 5.74) is 0. The van der Waals surface area contributed by atoms with E-state index in [4.69, 9.17) is 14.2 Å². The largest absolute Gasteiger partial charge is 0.462 e. The van der Waals surface area contributed by atoms with E-state index < -0.39 is 6.10 Å². The van der Waals surface area contributed by atoms with E-state index in [2.05, 4.69) is 27.7 Å². The summed E-state index contributed by atoms with van der Waals surface area (Å²) >= 11 is 0. The molecule has 6 heteroatoms. The summed E-state index contributed by atoms with van der Waals surface area (Å²) in [5, 5.41) is 0. The highest BCUT2D eigenvalue weighted by Crippen LogP contribution is 2.17. The average molecular weight is 835 g/mol. The summed E-state index contributed by atoms with van der Waals surface area (Å²) in [6.45, 7) is 9.00. The lowest BCUT2D eigenvalue weighted by Crippen LogP contribution is -2.30. The van der Waals surface area contributed by atoms with Gasteiger partial charge in [-0.15, -0.1) is 0 Å². The predicted octanol–water partition coefficient (Wildman–Crippen LogP) is 17.1. The van der Waals surface area contributed by atoms with Crippen molar-refractivity contribution in [2.24, 2.45) is 5.92 Å².